The van der Waals surface area contributed by atoms with E-state index >= 15 is 0 Å². The van der Waals surface area contributed by atoms with Gasteiger partial charge in [0, 0.05) is 32.7 Å². The summed E-state index contributed by atoms with van der Waals surface area (Å²) in [6, 6.07) is 8.14. The molecule has 0 spiro atoms. The minimum Gasteiger partial charge on any atom is -0.494 e. The Kier molecular flexibility index (Phi) is 9.15. The van der Waals surface area contributed by atoms with Crippen molar-refractivity contribution in [3.63, 3.8) is 0 Å². The van der Waals surface area contributed by atoms with Crippen LogP contribution in [0.3, 0.4) is 0 Å². The second-order valence-electron chi connectivity index (χ2n) is 6.37. The summed E-state index contributed by atoms with van der Waals surface area (Å²) in [5, 5.41) is 3.17. The highest BCUT2D eigenvalue weighted by Crippen LogP contribution is 2.11. The zero-order valence-corrected chi connectivity index (χ0v) is 15.4. The van der Waals surface area contributed by atoms with Crippen molar-refractivity contribution < 1.29 is 9.47 Å². The van der Waals surface area contributed by atoms with Crippen molar-refractivity contribution in [2.45, 2.75) is 26.2 Å². The van der Waals surface area contributed by atoms with Crippen LogP contribution in [0.4, 0.5) is 0 Å². The molecule has 2 rings (SSSR count). The lowest BCUT2D eigenvalue weighted by Crippen LogP contribution is -2.37. The molecule has 0 atom stereocenters. The van der Waals surface area contributed by atoms with Gasteiger partial charge in [-0.1, -0.05) is 17.7 Å². The number of nitrogens with one attached hydrogen (secondary N) is 1. The van der Waals surface area contributed by atoms with Gasteiger partial charge in [0.15, 0.2) is 5.96 Å². The molecule has 0 amide bonds. The molecule has 1 saturated heterocycles. The van der Waals surface area contributed by atoms with Crippen LogP contribution in [-0.2, 0) is 4.74 Å². The van der Waals surface area contributed by atoms with Gasteiger partial charge in [-0.3, -0.25) is 9.89 Å². The van der Waals surface area contributed by atoms with E-state index in [2.05, 4.69) is 34.3 Å². The Morgan fingerprint density at radius 2 is 1.96 bits per heavy atom. The van der Waals surface area contributed by atoms with E-state index < -0.39 is 0 Å². The Balaban J connectivity index is 1.44. The molecule has 140 valence electrons. The maximum absolute atomic E-state index is 5.89. The molecule has 1 aromatic rings. The number of aryl methyl sites for hydroxylation is 1. The molecule has 0 saturated carbocycles. The Hall–Kier alpha value is -1.79. The first-order valence-corrected chi connectivity index (χ1v) is 9.27. The minimum absolute atomic E-state index is 0.543. The normalized spacial score (nSPS) is 16.0. The van der Waals surface area contributed by atoms with E-state index in [4.69, 9.17) is 15.2 Å². The Morgan fingerprint density at radius 3 is 2.72 bits per heavy atom. The molecule has 1 aromatic carbocycles. The summed E-state index contributed by atoms with van der Waals surface area (Å²) >= 11 is 0. The summed E-state index contributed by atoms with van der Waals surface area (Å²) in [6.45, 7) is 9.22. The molecule has 0 aliphatic carbocycles. The molecule has 0 unspecified atom stereocenters. The van der Waals surface area contributed by atoms with Gasteiger partial charge < -0.3 is 20.5 Å². The van der Waals surface area contributed by atoms with E-state index in [-0.39, 0.29) is 0 Å². The number of rotatable bonds is 10. The minimum atomic E-state index is 0.543. The highest BCUT2D eigenvalue weighted by Gasteiger charge is 2.08. The molecule has 25 heavy (non-hydrogen) atoms. The molecule has 1 aliphatic rings. The largest absolute Gasteiger partial charge is 0.494 e. The van der Waals surface area contributed by atoms with Gasteiger partial charge in [0.05, 0.1) is 19.8 Å². The summed E-state index contributed by atoms with van der Waals surface area (Å²) in [5.41, 5.74) is 7.13. The number of unbranched alkanes of at least 4 members (excludes halogenated alkanes) is 1. The molecule has 3 N–H and O–H groups in total. The van der Waals surface area contributed by atoms with Crippen molar-refractivity contribution in [2.75, 3.05) is 52.5 Å². The van der Waals surface area contributed by atoms with E-state index in [1.54, 1.807) is 0 Å². The summed E-state index contributed by atoms with van der Waals surface area (Å²) in [6.07, 6.45) is 3.04. The number of hydrogen-bond acceptors (Lipinski definition) is 4. The van der Waals surface area contributed by atoms with Crippen molar-refractivity contribution in [3.8, 4) is 5.75 Å². The van der Waals surface area contributed by atoms with Gasteiger partial charge in [-0.2, -0.15) is 0 Å². The second-order valence-corrected chi connectivity index (χ2v) is 6.37. The highest BCUT2D eigenvalue weighted by atomic mass is 16.5. The molecule has 0 radical (unpaired) electrons. The third-order valence-corrected chi connectivity index (χ3v) is 4.19. The third-order valence-electron chi connectivity index (χ3n) is 4.19. The first-order chi connectivity index (χ1) is 12.2. The summed E-state index contributed by atoms with van der Waals surface area (Å²) in [5.74, 6) is 1.47. The maximum Gasteiger partial charge on any atom is 0.188 e. The first-order valence-electron chi connectivity index (χ1n) is 9.27. The fourth-order valence-corrected chi connectivity index (χ4v) is 2.64. The SMILES string of the molecule is Cc1ccc(OCCCCNC(N)=NCCCN2CCOCC2)cc1. The molecule has 1 fully saturated rings. The lowest BCUT2D eigenvalue weighted by molar-refractivity contribution is 0.0377. The molecule has 6 nitrogen and oxygen atoms in total. The summed E-state index contributed by atoms with van der Waals surface area (Å²) in [7, 11) is 0. The molecule has 0 bridgehead atoms. The van der Waals surface area contributed by atoms with Crippen molar-refractivity contribution in [2.24, 2.45) is 10.7 Å². The van der Waals surface area contributed by atoms with Crippen LogP contribution in [-0.4, -0.2) is 63.4 Å². The fourth-order valence-electron chi connectivity index (χ4n) is 2.64. The molecule has 6 heteroatoms. The number of nitrogens with two attached hydrogens (primary N) is 1. The standard InChI is InChI=1S/C19H32N4O2/c1-17-5-7-18(8-6-17)25-14-3-2-9-21-19(20)22-10-4-11-23-12-15-24-16-13-23/h5-8H,2-4,9-16H2,1H3,(H3,20,21,22). The van der Waals surface area contributed by atoms with Crippen LogP contribution in [0.1, 0.15) is 24.8 Å². The number of guanidine groups is 1. The van der Waals surface area contributed by atoms with E-state index in [0.29, 0.717) is 5.96 Å². The third kappa shape index (κ3) is 8.74. The highest BCUT2D eigenvalue weighted by molar-refractivity contribution is 5.77. The Bertz CT molecular complexity index is 499. The Morgan fingerprint density at radius 1 is 1.20 bits per heavy atom. The molecular weight excluding hydrogens is 316 g/mol. The quantitative estimate of drug-likeness (QED) is 0.383. The smallest absolute Gasteiger partial charge is 0.188 e. The van der Waals surface area contributed by atoms with Crippen LogP contribution in [0.2, 0.25) is 0 Å². The monoisotopic (exact) mass is 348 g/mol. The molecular formula is C19H32N4O2. The number of morpholine rings is 1. The first kappa shape index (κ1) is 19.5. The van der Waals surface area contributed by atoms with Gasteiger partial charge >= 0.3 is 0 Å². The predicted molar refractivity (Wildman–Crippen MR) is 102 cm³/mol. The number of aliphatic imine (C=N–C) groups is 1. The van der Waals surface area contributed by atoms with Crippen LogP contribution in [0.25, 0.3) is 0 Å². The van der Waals surface area contributed by atoms with Crippen LogP contribution < -0.4 is 15.8 Å². The zero-order chi connectivity index (χ0) is 17.7. The topological polar surface area (TPSA) is 72.1 Å². The summed E-state index contributed by atoms with van der Waals surface area (Å²) < 4.78 is 11.0. The lowest BCUT2D eigenvalue weighted by Gasteiger charge is -2.26. The van der Waals surface area contributed by atoms with Gasteiger partial charge in [-0.05, 0) is 38.3 Å². The van der Waals surface area contributed by atoms with Crippen molar-refractivity contribution >= 4 is 5.96 Å². The average Bonchev–Trinajstić information content (AvgIpc) is 2.64. The summed E-state index contributed by atoms with van der Waals surface area (Å²) in [4.78, 5) is 6.79. The number of hydrogen-bond donors (Lipinski definition) is 2. The van der Waals surface area contributed by atoms with E-state index in [1.165, 1.54) is 5.56 Å². The van der Waals surface area contributed by atoms with Crippen LogP contribution >= 0.6 is 0 Å². The maximum atomic E-state index is 5.89. The molecule has 1 aliphatic heterocycles. The number of nitrogens with zero attached hydrogens (tertiary/aromatic N) is 2. The van der Waals surface area contributed by atoms with E-state index in [1.807, 2.05) is 12.1 Å². The average molecular weight is 348 g/mol. The second kappa shape index (κ2) is 11.7. The van der Waals surface area contributed by atoms with Gasteiger partial charge in [0.2, 0.25) is 0 Å². The Labute approximate surface area is 151 Å². The number of benzene rings is 1. The predicted octanol–water partition coefficient (Wildman–Crippen LogP) is 1.78. The zero-order valence-electron chi connectivity index (χ0n) is 15.4. The lowest BCUT2D eigenvalue weighted by atomic mass is 10.2. The van der Waals surface area contributed by atoms with Gasteiger partial charge in [-0.25, -0.2) is 0 Å². The van der Waals surface area contributed by atoms with Gasteiger partial charge in [-0.15, -0.1) is 0 Å². The fraction of sp³-hybridized carbons (Fsp3) is 0.632. The van der Waals surface area contributed by atoms with E-state index in [0.717, 1.165) is 77.6 Å². The van der Waals surface area contributed by atoms with E-state index in [9.17, 15) is 0 Å². The molecule has 1 heterocycles. The van der Waals surface area contributed by atoms with Gasteiger partial charge in [0.25, 0.3) is 0 Å². The van der Waals surface area contributed by atoms with Gasteiger partial charge in [0.1, 0.15) is 5.75 Å². The molecule has 0 aromatic heterocycles. The number of ether oxygens (including phenoxy) is 2. The van der Waals surface area contributed by atoms with Crippen molar-refractivity contribution in [1.29, 1.82) is 0 Å². The van der Waals surface area contributed by atoms with Crippen LogP contribution in [0.15, 0.2) is 29.3 Å². The van der Waals surface area contributed by atoms with Crippen LogP contribution in [0, 0.1) is 6.92 Å². The van der Waals surface area contributed by atoms with Crippen LogP contribution in [0.5, 0.6) is 5.75 Å². The van der Waals surface area contributed by atoms with Crippen molar-refractivity contribution in [3.05, 3.63) is 29.8 Å². The van der Waals surface area contributed by atoms with Crippen molar-refractivity contribution in [1.82, 2.24) is 10.2 Å².